The Bertz CT molecular complexity index is 989. The molecule has 0 radical (unpaired) electrons. The SMILES string of the molecule is O=C(NCc1ccc(F)cc1)Nc1cccc(-c2ccc(N3CCOCC3)nn2)c1. The summed E-state index contributed by atoms with van der Waals surface area (Å²) in [5.74, 6) is 0.526. The third kappa shape index (κ3) is 5.09. The molecule has 8 heteroatoms. The van der Waals surface area contributed by atoms with Gasteiger partial charge in [-0.15, -0.1) is 10.2 Å². The molecule has 1 fully saturated rings. The average molecular weight is 407 g/mol. The predicted octanol–water partition coefficient (Wildman–Crippen LogP) is 3.44. The van der Waals surface area contributed by atoms with Crippen LogP contribution in [0, 0.1) is 5.82 Å². The zero-order chi connectivity index (χ0) is 20.8. The van der Waals surface area contributed by atoms with Crippen LogP contribution in [-0.4, -0.2) is 42.5 Å². The van der Waals surface area contributed by atoms with Gasteiger partial charge in [0.2, 0.25) is 0 Å². The van der Waals surface area contributed by atoms with Crippen LogP contribution in [0.3, 0.4) is 0 Å². The van der Waals surface area contributed by atoms with E-state index in [4.69, 9.17) is 4.74 Å². The van der Waals surface area contributed by atoms with Gasteiger partial charge in [0, 0.05) is 30.9 Å². The number of ether oxygens (including phenoxy) is 1. The first-order valence-electron chi connectivity index (χ1n) is 9.73. The first-order valence-corrected chi connectivity index (χ1v) is 9.73. The van der Waals surface area contributed by atoms with Crippen molar-refractivity contribution >= 4 is 17.5 Å². The van der Waals surface area contributed by atoms with Gasteiger partial charge >= 0.3 is 6.03 Å². The van der Waals surface area contributed by atoms with E-state index >= 15 is 0 Å². The summed E-state index contributed by atoms with van der Waals surface area (Å²) >= 11 is 0. The molecule has 0 saturated carbocycles. The lowest BCUT2D eigenvalue weighted by molar-refractivity contribution is 0.122. The van der Waals surface area contributed by atoms with Gasteiger partial charge in [-0.2, -0.15) is 0 Å². The second-order valence-corrected chi connectivity index (χ2v) is 6.89. The lowest BCUT2D eigenvalue weighted by Gasteiger charge is -2.27. The molecule has 2 amide bonds. The van der Waals surface area contributed by atoms with Crippen LogP contribution < -0.4 is 15.5 Å². The number of hydrogen-bond donors (Lipinski definition) is 2. The number of urea groups is 1. The Labute approximate surface area is 173 Å². The number of carbonyl (C=O) groups is 1. The molecule has 3 aromatic rings. The molecule has 4 rings (SSSR count). The third-order valence-corrected chi connectivity index (χ3v) is 4.77. The third-order valence-electron chi connectivity index (χ3n) is 4.77. The average Bonchev–Trinajstić information content (AvgIpc) is 2.80. The number of nitrogens with zero attached hydrogens (tertiary/aromatic N) is 3. The van der Waals surface area contributed by atoms with E-state index in [1.54, 1.807) is 18.2 Å². The number of morpholine rings is 1. The zero-order valence-corrected chi connectivity index (χ0v) is 16.3. The lowest BCUT2D eigenvalue weighted by atomic mass is 10.1. The number of hydrogen-bond acceptors (Lipinski definition) is 5. The van der Waals surface area contributed by atoms with E-state index in [0.29, 0.717) is 25.4 Å². The van der Waals surface area contributed by atoms with Gasteiger partial charge in [-0.1, -0.05) is 24.3 Å². The standard InChI is InChI=1S/C22H22FN5O2/c23-18-6-4-16(5-7-18)15-24-22(29)25-19-3-1-2-17(14-19)20-8-9-21(27-26-20)28-10-12-30-13-11-28/h1-9,14H,10-13,15H2,(H2,24,25,29). The van der Waals surface area contributed by atoms with Crippen LogP contribution in [0.1, 0.15) is 5.56 Å². The van der Waals surface area contributed by atoms with Gasteiger partial charge in [-0.25, -0.2) is 9.18 Å². The Hall–Kier alpha value is -3.52. The minimum atomic E-state index is -0.342. The molecule has 2 aromatic carbocycles. The Kier molecular flexibility index (Phi) is 6.14. The lowest BCUT2D eigenvalue weighted by Crippen LogP contribution is -2.36. The van der Waals surface area contributed by atoms with Gasteiger partial charge in [0.25, 0.3) is 0 Å². The summed E-state index contributed by atoms with van der Waals surface area (Å²) in [5.41, 5.74) is 3.04. The molecule has 0 spiro atoms. The highest BCUT2D eigenvalue weighted by atomic mass is 19.1. The van der Waals surface area contributed by atoms with Gasteiger partial charge in [0.1, 0.15) is 5.82 Å². The van der Waals surface area contributed by atoms with Crippen LogP contribution in [-0.2, 0) is 11.3 Å². The minimum Gasteiger partial charge on any atom is -0.378 e. The van der Waals surface area contributed by atoms with Crippen LogP contribution >= 0.6 is 0 Å². The molecule has 30 heavy (non-hydrogen) atoms. The first-order chi connectivity index (χ1) is 14.7. The summed E-state index contributed by atoms with van der Waals surface area (Å²) in [4.78, 5) is 14.3. The van der Waals surface area contributed by atoms with Crippen molar-refractivity contribution in [1.82, 2.24) is 15.5 Å². The maximum Gasteiger partial charge on any atom is 0.319 e. The molecule has 0 aliphatic carbocycles. The Morgan fingerprint density at radius 1 is 1.03 bits per heavy atom. The van der Waals surface area contributed by atoms with Crippen molar-refractivity contribution in [3.8, 4) is 11.3 Å². The summed E-state index contributed by atoms with van der Waals surface area (Å²) in [6.45, 7) is 3.31. The number of anilines is 2. The molecular formula is C22H22FN5O2. The second kappa shape index (κ2) is 9.32. The van der Waals surface area contributed by atoms with Crippen molar-refractivity contribution in [3.63, 3.8) is 0 Å². The van der Waals surface area contributed by atoms with E-state index < -0.39 is 0 Å². The van der Waals surface area contributed by atoms with E-state index in [1.165, 1.54) is 12.1 Å². The molecule has 0 unspecified atom stereocenters. The number of carbonyl (C=O) groups excluding carboxylic acids is 1. The minimum absolute atomic E-state index is 0.305. The Morgan fingerprint density at radius 3 is 2.57 bits per heavy atom. The second-order valence-electron chi connectivity index (χ2n) is 6.89. The number of halogens is 1. The van der Waals surface area contributed by atoms with Crippen LogP contribution in [0.25, 0.3) is 11.3 Å². The topological polar surface area (TPSA) is 79.4 Å². The van der Waals surface area contributed by atoms with Gasteiger partial charge in [-0.05, 0) is 42.0 Å². The summed E-state index contributed by atoms with van der Waals surface area (Å²) in [7, 11) is 0. The number of nitrogens with one attached hydrogen (secondary N) is 2. The Balaban J connectivity index is 1.37. The molecule has 0 bridgehead atoms. The van der Waals surface area contributed by atoms with Gasteiger partial charge in [0.05, 0.1) is 18.9 Å². The van der Waals surface area contributed by atoms with E-state index in [1.807, 2.05) is 30.3 Å². The van der Waals surface area contributed by atoms with Crippen molar-refractivity contribution < 1.29 is 13.9 Å². The van der Waals surface area contributed by atoms with E-state index in [9.17, 15) is 9.18 Å². The highest BCUT2D eigenvalue weighted by molar-refractivity contribution is 5.90. The highest BCUT2D eigenvalue weighted by Gasteiger charge is 2.13. The summed E-state index contributed by atoms with van der Waals surface area (Å²) in [6, 6.07) is 16.9. The normalized spacial score (nSPS) is 13.7. The molecule has 1 saturated heterocycles. The van der Waals surface area contributed by atoms with Gasteiger partial charge in [0.15, 0.2) is 5.82 Å². The molecule has 0 atom stereocenters. The number of aromatic nitrogens is 2. The zero-order valence-electron chi connectivity index (χ0n) is 16.3. The maximum atomic E-state index is 13.0. The van der Waals surface area contributed by atoms with Crippen LogP contribution in [0.15, 0.2) is 60.7 Å². The fourth-order valence-electron chi connectivity index (χ4n) is 3.16. The smallest absolute Gasteiger partial charge is 0.319 e. The van der Waals surface area contributed by atoms with Crippen molar-refractivity contribution in [3.05, 3.63) is 72.0 Å². The van der Waals surface area contributed by atoms with Gasteiger partial charge in [-0.3, -0.25) is 0 Å². The van der Waals surface area contributed by atoms with E-state index in [2.05, 4.69) is 25.7 Å². The number of benzene rings is 2. The summed E-state index contributed by atoms with van der Waals surface area (Å²) in [5, 5.41) is 14.2. The van der Waals surface area contributed by atoms with Crippen LogP contribution in [0.2, 0.25) is 0 Å². The number of amides is 2. The van der Waals surface area contributed by atoms with Crippen LogP contribution in [0.4, 0.5) is 20.7 Å². The molecule has 1 aliphatic heterocycles. The molecule has 2 heterocycles. The fraction of sp³-hybridized carbons (Fsp3) is 0.227. The van der Waals surface area contributed by atoms with E-state index in [0.717, 1.165) is 35.7 Å². The summed E-state index contributed by atoms with van der Waals surface area (Å²) < 4.78 is 18.3. The highest BCUT2D eigenvalue weighted by Crippen LogP contribution is 2.22. The molecule has 154 valence electrons. The van der Waals surface area contributed by atoms with Crippen molar-refractivity contribution in [2.75, 3.05) is 36.5 Å². The molecule has 2 N–H and O–H groups in total. The first kappa shape index (κ1) is 19.8. The van der Waals surface area contributed by atoms with Crippen molar-refractivity contribution in [1.29, 1.82) is 0 Å². The molecule has 1 aromatic heterocycles. The van der Waals surface area contributed by atoms with Crippen molar-refractivity contribution in [2.24, 2.45) is 0 Å². The number of rotatable bonds is 5. The summed E-state index contributed by atoms with van der Waals surface area (Å²) in [6.07, 6.45) is 0. The molecular weight excluding hydrogens is 385 g/mol. The largest absolute Gasteiger partial charge is 0.378 e. The fourth-order valence-corrected chi connectivity index (χ4v) is 3.16. The van der Waals surface area contributed by atoms with Gasteiger partial charge < -0.3 is 20.3 Å². The molecule has 1 aliphatic rings. The van der Waals surface area contributed by atoms with E-state index in [-0.39, 0.29) is 11.8 Å². The monoisotopic (exact) mass is 407 g/mol. The maximum absolute atomic E-state index is 13.0. The van der Waals surface area contributed by atoms with Crippen molar-refractivity contribution in [2.45, 2.75) is 6.54 Å². The predicted molar refractivity (Wildman–Crippen MR) is 113 cm³/mol. The Morgan fingerprint density at radius 2 is 1.83 bits per heavy atom. The van der Waals surface area contributed by atoms with Crippen LogP contribution in [0.5, 0.6) is 0 Å². The quantitative estimate of drug-likeness (QED) is 0.677. The molecule has 7 nitrogen and oxygen atoms in total.